The molecule has 27 heavy (non-hydrogen) atoms. The van der Waals surface area contributed by atoms with E-state index in [1.54, 1.807) is 17.7 Å². The normalized spacial score (nSPS) is 11.4. The number of nitrogens with zero attached hydrogens (tertiary/aromatic N) is 1. The van der Waals surface area contributed by atoms with Crippen molar-refractivity contribution < 1.29 is 13.2 Å². The maximum Gasteiger partial charge on any atom is 0.271 e. The van der Waals surface area contributed by atoms with Crippen LogP contribution in [0.15, 0.2) is 75.4 Å². The molecule has 0 spiro atoms. The largest absolute Gasteiger partial charge is 0.279 e. The zero-order valence-corrected chi connectivity index (χ0v) is 16.0. The van der Waals surface area contributed by atoms with Crippen molar-refractivity contribution in [3.63, 3.8) is 0 Å². The molecule has 0 aliphatic carbocycles. The van der Waals surface area contributed by atoms with Crippen LogP contribution in [-0.2, 0) is 10.0 Å². The molecular formula is C19H17N3O3S2. The second-order valence-corrected chi connectivity index (χ2v) is 8.59. The van der Waals surface area contributed by atoms with Crippen molar-refractivity contribution in [1.29, 1.82) is 0 Å². The van der Waals surface area contributed by atoms with Gasteiger partial charge in [0.25, 0.3) is 15.9 Å². The van der Waals surface area contributed by atoms with E-state index in [0.29, 0.717) is 11.3 Å². The Morgan fingerprint density at radius 1 is 1.07 bits per heavy atom. The number of carbonyl (C=O) groups excluding carboxylic acids is 1. The summed E-state index contributed by atoms with van der Waals surface area (Å²) in [5, 5.41) is 5.63. The van der Waals surface area contributed by atoms with Crippen molar-refractivity contribution in [2.24, 2.45) is 5.10 Å². The molecule has 0 fully saturated rings. The van der Waals surface area contributed by atoms with Gasteiger partial charge in [-0.2, -0.15) is 5.10 Å². The van der Waals surface area contributed by atoms with Crippen LogP contribution in [0.5, 0.6) is 0 Å². The number of nitrogens with one attached hydrogen (secondary N) is 2. The van der Waals surface area contributed by atoms with Gasteiger partial charge in [-0.1, -0.05) is 35.9 Å². The Bertz CT molecular complexity index is 1060. The molecule has 0 aliphatic rings. The average Bonchev–Trinajstić information content (AvgIpc) is 3.18. The van der Waals surface area contributed by atoms with E-state index in [0.717, 1.165) is 22.5 Å². The first-order valence-electron chi connectivity index (χ1n) is 8.00. The third-order valence-corrected chi connectivity index (χ3v) is 6.36. The summed E-state index contributed by atoms with van der Waals surface area (Å²) in [4.78, 5) is 12.1. The number of aryl methyl sites for hydroxylation is 1. The first-order chi connectivity index (χ1) is 12.9. The van der Waals surface area contributed by atoms with E-state index in [1.807, 2.05) is 31.2 Å². The van der Waals surface area contributed by atoms with Gasteiger partial charge in [0.15, 0.2) is 0 Å². The molecule has 0 radical (unpaired) electrons. The molecule has 2 aromatic carbocycles. The second-order valence-electron chi connectivity index (χ2n) is 5.73. The van der Waals surface area contributed by atoms with Gasteiger partial charge in [-0.05, 0) is 48.2 Å². The quantitative estimate of drug-likeness (QED) is 0.490. The van der Waals surface area contributed by atoms with Gasteiger partial charge in [0.2, 0.25) is 0 Å². The van der Waals surface area contributed by atoms with Crippen LogP contribution >= 0.6 is 11.3 Å². The van der Waals surface area contributed by atoms with Crippen LogP contribution in [0.1, 0.15) is 21.5 Å². The highest BCUT2D eigenvalue weighted by Crippen LogP contribution is 2.20. The predicted molar refractivity (Wildman–Crippen MR) is 108 cm³/mol. The Hall–Kier alpha value is -2.97. The van der Waals surface area contributed by atoms with Gasteiger partial charge in [0.05, 0.1) is 6.21 Å². The summed E-state index contributed by atoms with van der Waals surface area (Å²) in [7, 11) is -3.61. The van der Waals surface area contributed by atoms with Crippen LogP contribution < -0.4 is 10.1 Å². The van der Waals surface area contributed by atoms with E-state index in [-0.39, 0.29) is 10.1 Å². The minimum absolute atomic E-state index is 0.231. The van der Waals surface area contributed by atoms with Gasteiger partial charge >= 0.3 is 0 Å². The lowest BCUT2D eigenvalue weighted by Gasteiger charge is -2.07. The molecule has 138 valence electrons. The molecule has 0 aliphatic heterocycles. The van der Waals surface area contributed by atoms with E-state index >= 15 is 0 Å². The van der Waals surface area contributed by atoms with Gasteiger partial charge in [0.1, 0.15) is 4.21 Å². The molecular weight excluding hydrogens is 382 g/mol. The summed E-state index contributed by atoms with van der Waals surface area (Å²) in [5.74, 6) is -0.383. The Kier molecular flexibility index (Phi) is 5.68. The van der Waals surface area contributed by atoms with E-state index < -0.39 is 10.0 Å². The SMILES string of the molecule is Cc1cccc(/C=N\NC(=O)c2ccc(NS(=O)(=O)c3cccs3)cc2)c1. The van der Waals surface area contributed by atoms with Crippen LogP contribution in [0.3, 0.4) is 0 Å². The molecule has 1 heterocycles. The lowest BCUT2D eigenvalue weighted by molar-refractivity contribution is 0.0955. The summed E-state index contributed by atoms with van der Waals surface area (Å²) >= 11 is 1.13. The number of anilines is 1. The molecule has 8 heteroatoms. The van der Waals surface area contributed by atoms with Gasteiger partial charge in [-0.15, -0.1) is 11.3 Å². The Morgan fingerprint density at radius 3 is 2.52 bits per heavy atom. The van der Waals surface area contributed by atoms with Crippen LogP contribution in [0.2, 0.25) is 0 Å². The fourth-order valence-corrected chi connectivity index (χ4v) is 4.34. The number of thiophene rings is 1. The van der Waals surface area contributed by atoms with E-state index in [2.05, 4.69) is 15.2 Å². The summed E-state index contributed by atoms with van der Waals surface area (Å²) in [6, 6.07) is 17.0. The molecule has 3 rings (SSSR count). The summed E-state index contributed by atoms with van der Waals surface area (Å²) in [6.45, 7) is 1.98. The molecule has 3 aromatic rings. The van der Waals surface area contributed by atoms with Crippen LogP contribution in [0.4, 0.5) is 5.69 Å². The predicted octanol–water partition coefficient (Wildman–Crippen LogP) is 3.62. The Labute approximate surface area is 161 Å². The minimum Gasteiger partial charge on any atom is -0.279 e. The summed E-state index contributed by atoms with van der Waals surface area (Å²) in [6.07, 6.45) is 1.56. The van der Waals surface area contributed by atoms with Crippen molar-refractivity contribution in [2.75, 3.05) is 4.72 Å². The summed E-state index contributed by atoms with van der Waals surface area (Å²) < 4.78 is 27.1. The fraction of sp³-hybridized carbons (Fsp3) is 0.0526. The van der Waals surface area contributed by atoms with E-state index in [9.17, 15) is 13.2 Å². The third-order valence-electron chi connectivity index (χ3n) is 3.58. The van der Waals surface area contributed by atoms with Crippen molar-refractivity contribution in [3.8, 4) is 0 Å². The van der Waals surface area contributed by atoms with Gasteiger partial charge in [0, 0.05) is 11.3 Å². The average molecular weight is 399 g/mol. The van der Waals surface area contributed by atoms with Gasteiger partial charge in [-0.25, -0.2) is 13.8 Å². The number of hydrogen-bond donors (Lipinski definition) is 2. The molecule has 0 unspecified atom stereocenters. The zero-order valence-electron chi connectivity index (χ0n) is 14.4. The molecule has 0 saturated heterocycles. The first-order valence-corrected chi connectivity index (χ1v) is 10.4. The van der Waals surface area contributed by atoms with Crippen LogP contribution in [0.25, 0.3) is 0 Å². The number of benzene rings is 2. The standard InChI is InChI=1S/C19H17N3O3S2/c1-14-4-2-5-15(12-14)13-20-21-19(23)16-7-9-17(10-8-16)22-27(24,25)18-6-3-11-26-18/h2-13,22H,1H3,(H,21,23)/b20-13-. The van der Waals surface area contributed by atoms with Crippen molar-refractivity contribution in [3.05, 3.63) is 82.7 Å². The second kappa shape index (κ2) is 8.15. The maximum atomic E-state index is 12.2. The molecule has 0 bridgehead atoms. The highest BCUT2D eigenvalue weighted by Gasteiger charge is 2.15. The zero-order chi connectivity index (χ0) is 19.3. The summed E-state index contributed by atoms with van der Waals surface area (Å²) in [5.41, 5.74) is 5.18. The Balaban J connectivity index is 1.62. The van der Waals surface area contributed by atoms with Crippen molar-refractivity contribution in [2.45, 2.75) is 11.1 Å². The number of amides is 1. The third kappa shape index (κ3) is 5.02. The molecule has 1 amide bonds. The number of hydrazone groups is 1. The van der Waals surface area contributed by atoms with Crippen LogP contribution in [0, 0.1) is 6.92 Å². The van der Waals surface area contributed by atoms with E-state index in [4.69, 9.17) is 0 Å². The molecule has 2 N–H and O–H groups in total. The van der Waals surface area contributed by atoms with Crippen LogP contribution in [-0.4, -0.2) is 20.5 Å². The molecule has 1 aromatic heterocycles. The molecule has 6 nitrogen and oxygen atoms in total. The smallest absolute Gasteiger partial charge is 0.271 e. The monoisotopic (exact) mass is 399 g/mol. The Morgan fingerprint density at radius 2 is 1.85 bits per heavy atom. The topological polar surface area (TPSA) is 87.6 Å². The number of rotatable bonds is 6. The van der Waals surface area contributed by atoms with Crippen molar-refractivity contribution >= 4 is 39.2 Å². The van der Waals surface area contributed by atoms with Gasteiger partial charge in [-0.3, -0.25) is 9.52 Å². The van der Waals surface area contributed by atoms with E-state index in [1.165, 1.54) is 30.3 Å². The fourth-order valence-electron chi connectivity index (χ4n) is 2.29. The molecule has 0 saturated carbocycles. The number of hydrogen-bond acceptors (Lipinski definition) is 5. The highest BCUT2D eigenvalue weighted by atomic mass is 32.2. The molecule has 0 atom stereocenters. The maximum absolute atomic E-state index is 12.2. The lowest BCUT2D eigenvalue weighted by atomic mass is 10.2. The number of sulfonamides is 1. The number of carbonyl (C=O) groups is 1. The van der Waals surface area contributed by atoms with Gasteiger partial charge < -0.3 is 0 Å². The highest BCUT2D eigenvalue weighted by molar-refractivity contribution is 7.94. The first kappa shape index (κ1) is 18.8. The lowest BCUT2D eigenvalue weighted by Crippen LogP contribution is -2.17. The minimum atomic E-state index is -3.61. The van der Waals surface area contributed by atoms with Crippen molar-refractivity contribution in [1.82, 2.24) is 5.43 Å².